The predicted octanol–water partition coefficient (Wildman–Crippen LogP) is 3.10. The van der Waals surface area contributed by atoms with Gasteiger partial charge in [0.05, 0.1) is 6.54 Å². The maximum absolute atomic E-state index is 6.16. The van der Waals surface area contributed by atoms with E-state index in [4.69, 9.17) is 5.73 Å². The van der Waals surface area contributed by atoms with Crippen molar-refractivity contribution in [3.05, 3.63) is 25.3 Å². The van der Waals surface area contributed by atoms with E-state index in [-0.39, 0.29) is 24.0 Å². The molecule has 1 aliphatic rings. The molecule has 128 valence electrons. The average Bonchev–Trinajstić information content (AvgIpc) is 2.48. The number of rotatable bonds is 8. The first kappa shape index (κ1) is 21.4. The number of piperidine rings is 1. The standard InChI is InChI=1S/C17H32N4.HI/c1-5-10-20(11-6-2)16(15(3)4)14-19-17(18)21-12-8-7-9-13-21;/h5-6,15-16H,1-2,7-14H2,3-4H3,(H2,18,19);1H. The van der Waals surface area contributed by atoms with Crippen LogP contribution in [0.1, 0.15) is 33.1 Å². The minimum Gasteiger partial charge on any atom is -0.370 e. The van der Waals surface area contributed by atoms with Gasteiger partial charge in [-0.25, -0.2) is 0 Å². The van der Waals surface area contributed by atoms with E-state index >= 15 is 0 Å². The van der Waals surface area contributed by atoms with Crippen LogP contribution < -0.4 is 5.73 Å². The first-order valence-electron chi connectivity index (χ1n) is 8.10. The number of halogens is 1. The Morgan fingerprint density at radius 3 is 2.18 bits per heavy atom. The summed E-state index contributed by atoms with van der Waals surface area (Å²) in [6, 6.07) is 0.365. The average molecular weight is 420 g/mol. The second-order valence-corrected chi connectivity index (χ2v) is 6.09. The van der Waals surface area contributed by atoms with Crippen molar-refractivity contribution >= 4 is 29.9 Å². The smallest absolute Gasteiger partial charge is 0.191 e. The molecule has 0 aromatic heterocycles. The molecule has 22 heavy (non-hydrogen) atoms. The van der Waals surface area contributed by atoms with Crippen molar-refractivity contribution < 1.29 is 0 Å². The Hall–Kier alpha value is -0.560. The van der Waals surface area contributed by atoms with E-state index in [0.29, 0.717) is 17.9 Å². The molecule has 4 nitrogen and oxygen atoms in total. The van der Waals surface area contributed by atoms with Crippen LogP contribution in [0.2, 0.25) is 0 Å². The maximum Gasteiger partial charge on any atom is 0.191 e. The molecule has 1 heterocycles. The summed E-state index contributed by atoms with van der Waals surface area (Å²) in [5.41, 5.74) is 6.16. The molecule has 1 rings (SSSR count). The summed E-state index contributed by atoms with van der Waals surface area (Å²) in [6.45, 7) is 16.7. The van der Waals surface area contributed by atoms with Crippen LogP contribution in [0, 0.1) is 5.92 Å². The number of hydrogen-bond acceptors (Lipinski definition) is 2. The fourth-order valence-electron chi connectivity index (χ4n) is 2.83. The van der Waals surface area contributed by atoms with Crippen LogP contribution in [0.3, 0.4) is 0 Å². The lowest BCUT2D eigenvalue weighted by atomic mass is 10.0. The Kier molecular flexibility index (Phi) is 11.6. The SMILES string of the molecule is C=CCN(CC=C)C(CN=C(N)N1CCCCC1)C(C)C.I. The maximum atomic E-state index is 6.16. The van der Waals surface area contributed by atoms with Crippen LogP contribution in [-0.4, -0.2) is 54.5 Å². The van der Waals surface area contributed by atoms with Crippen molar-refractivity contribution in [1.29, 1.82) is 0 Å². The number of nitrogens with two attached hydrogens (primary N) is 1. The highest BCUT2D eigenvalue weighted by molar-refractivity contribution is 14.0. The van der Waals surface area contributed by atoms with E-state index in [9.17, 15) is 0 Å². The Bertz CT molecular complexity index is 339. The highest BCUT2D eigenvalue weighted by Gasteiger charge is 2.20. The minimum absolute atomic E-state index is 0. The van der Waals surface area contributed by atoms with Gasteiger partial charge >= 0.3 is 0 Å². The number of hydrogen-bond donors (Lipinski definition) is 1. The van der Waals surface area contributed by atoms with Crippen LogP contribution in [0.15, 0.2) is 30.3 Å². The molecule has 0 saturated carbocycles. The Labute approximate surface area is 153 Å². The molecular weight excluding hydrogens is 387 g/mol. The van der Waals surface area contributed by atoms with Crippen molar-refractivity contribution in [2.75, 3.05) is 32.7 Å². The monoisotopic (exact) mass is 420 g/mol. The van der Waals surface area contributed by atoms with Crippen LogP contribution in [-0.2, 0) is 0 Å². The van der Waals surface area contributed by atoms with Gasteiger partial charge in [0.15, 0.2) is 5.96 Å². The van der Waals surface area contributed by atoms with Gasteiger partial charge < -0.3 is 10.6 Å². The van der Waals surface area contributed by atoms with Crippen LogP contribution in [0.25, 0.3) is 0 Å². The van der Waals surface area contributed by atoms with Crippen molar-refractivity contribution in [3.8, 4) is 0 Å². The Morgan fingerprint density at radius 2 is 1.73 bits per heavy atom. The zero-order chi connectivity index (χ0) is 15.7. The minimum atomic E-state index is 0. The van der Waals surface area contributed by atoms with Gasteiger partial charge in [-0.05, 0) is 25.2 Å². The van der Waals surface area contributed by atoms with Crippen LogP contribution in [0.5, 0.6) is 0 Å². The van der Waals surface area contributed by atoms with Crippen molar-refractivity contribution in [1.82, 2.24) is 9.80 Å². The Morgan fingerprint density at radius 1 is 1.18 bits per heavy atom. The van der Waals surface area contributed by atoms with Crippen molar-refractivity contribution in [2.24, 2.45) is 16.6 Å². The molecule has 0 aromatic carbocycles. The van der Waals surface area contributed by atoms with Gasteiger partial charge in [-0.15, -0.1) is 37.1 Å². The summed E-state index contributed by atoms with van der Waals surface area (Å²) in [5.74, 6) is 1.22. The normalized spacial score (nSPS) is 17.3. The highest BCUT2D eigenvalue weighted by atomic mass is 127. The van der Waals surface area contributed by atoms with Gasteiger partial charge in [0, 0.05) is 32.2 Å². The summed E-state index contributed by atoms with van der Waals surface area (Å²) in [4.78, 5) is 9.24. The third-order valence-corrected chi connectivity index (χ3v) is 4.09. The van der Waals surface area contributed by atoms with E-state index in [1.807, 2.05) is 12.2 Å². The number of aliphatic imine (C=N–C) groups is 1. The Balaban J connectivity index is 0.00000441. The summed E-state index contributed by atoms with van der Waals surface area (Å²) in [5, 5.41) is 0. The molecule has 1 atom stereocenters. The molecule has 0 amide bonds. The molecule has 2 N–H and O–H groups in total. The molecule has 0 bridgehead atoms. The van der Waals surface area contributed by atoms with Gasteiger partial charge in [0.25, 0.3) is 0 Å². The third-order valence-electron chi connectivity index (χ3n) is 4.09. The van der Waals surface area contributed by atoms with Gasteiger partial charge in [-0.2, -0.15) is 0 Å². The highest BCUT2D eigenvalue weighted by Crippen LogP contribution is 2.13. The molecule has 0 aliphatic carbocycles. The number of guanidine groups is 1. The topological polar surface area (TPSA) is 44.9 Å². The zero-order valence-corrected chi connectivity index (χ0v) is 16.5. The van der Waals surface area contributed by atoms with Crippen molar-refractivity contribution in [2.45, 2.75) is 39.2 Å². The molecule has 0 radical (unpaired) electrons. The predicted molar refractivity (Wildman–Crippen MR) is 108 cm³/mol. The number of nitrogens with zero attached hydrogens (tertiary/aromatic N) is 3. The molecule has 5 heteroatoms. The second kappa shape index (κ2) is 11.9. The van der Waals surface area contributed by atoms with Gasteiger partial charge in [-0.1, -0.05) is 26.0 Å². The largest absolute Gasteiger partial charge is 0.370 e. The third kappa shape index (κ3) is 7.13. The van der Waals surface area contributed by atoms with Gasteiger partial charge in [0.2, 0.25) is 0 Å². The lowest BCUT2D eigenvalue weighted by Gasteiger charge is -2.33. The molecule has 1 fully saturated rings. The fraction of sp³-hybridized carbons (Fsp3) is 0.706. The first-order chi connectivity index (χ1) is 10.1. The zero-order valence-electron chi connectivity index (χ0n) is 14.2. The number of likely N-dealkylation sites (tertiary alicyclic amines) is 1. The second-order valence-electron chi connectivity index (χ2n) is 6.09. The summed E-state index contributed by atoms with van der Waals surface area (Å²) in [6.07, 6.45) is 7.64. The molecule has 0 spiro atoms. The summed E-state index contributed by atoms with van der Waals surface area (Å²) in [7, 11) is 0. The molecular formula is C17H33IN4. The van der Waals surface area contributed by atoms with E-state index in [1.165, 1.54) is 19.3 Å². The van der Waals surface area contributed by atoms with E-state index in [2.05, 4.69) is 41.8 Å². The lowest BCUT2D eigenvalue weighted by Crippen LogP contribution is -2.44. The van der Waals surface area contributed by atoms with Crippen LogP contribution >= 0.6 is 24.0 Å². The molecule has 1 unspecified atom stereocenters. The van der Waals surface area contributed by atoms with Crippen molar-refractivity contribution in [3.63, 3.8) is 0 Å². The quantitative estimate of drug-likeness (QED) is 0.284. The van der Waals surface area contributed by atoms with Gasteiger partial charge in [-0.3, -0.25) is 9.89 Å². The van der Waals surface area contributed by atoms with Gasteiger partial charge in [0.1, 0.15) is 0 Å². The molecule has 0 aromatic rings. The first-order valence-corrected chi connectivity index (χ1v) is 8.10. The van der Waals surface area contributed by atoms with Crippen LogP contribution in [0.4, 0.5) is 0 Å². The molecule has 1 aliphatic heterocycles. The summed E-state index contributed by atoms with van der Waals surface area (Å²) >= 11 is 0. The molecule has 1 saturated heterocycles. The van der Waals surface area contributed by atoms with E-state index in [1.54, 1.807) is 0 Å². The van der Waals surface area contributed by atoms with E-state index in [0.717, 1.165) is 32.7 Å². The lowest BCUT2D eigenvalue weighted by molar-refractivity contribution is 0.195. The van der Waals surface area contributed by atoms with E-state index < -0.39 is 0 Å². The fourth-order valence-corrected chi connectivity index (χ4v) is 2.83. The summed E-state index contributed by atoms with van der Waals surface area (Å²) < 4.78 is 0.